The Morgan fingerprint density at radius 2 is 1.76 bits per heavy atom. The maximum atomic E-state index is 5.87. The molecule has 2 rings (SSSR count). The molecule has 0 atom stereocenters. The Balaban J connectivity index is 2.07. The summed E-state index contributed by atoms with van der Waals surface area (Å²) in [6, 6.07) is 14.0. The number of nitrogens with two attached hydrogens (primary N) is 1. The fourth-order valence-corrected chi connectivity index (χ4v) is 2.45. The summed E-state index contributed by atoms with van der Waals surface area (Å²) >= 11 is 5.01. The Labute approximate surface area is 131 Å². The number of benzene rings is 2. The van der Waals surface area contributed by atoms with Crippen molar-refractivity contribution in [3.8, 4) is 11.5 Å². The van der Waals surface area contributed by atoms with E-state index >= 15 is 0 Å². The monoisotopic (exact) mass is 299 g/mol. The van der Waals surface area contributed by atoms with E-state index in [4.69, 9.17) is 22.7 Å². The van der Waals surface area contributed by atoms with Gasteiger partial charge in [0.25, 0.3) is 0 Å². The summed E-state index contributed by atoms with van der Waals surface area (Å²) in [6.45, 7) is 4.19. The van der Waals surface area contributed by atoms with Crippen molar-refractivity contribution in [1.82, 2.24) is 0 Å². The van der Waals surface area contributed by atoms with Crippen molar-refractivity contribution in [2.45, 2.75) is 33.1 Å². The summed E-state index contributed by atoms with van der Waals surface area (Å²) < 4.78 is 5.87. The van der Waals surface area contributed by atoms with E-state index in [0.717, 1.165) is 29.0 Å². The van der Waals surface area contributed by atoms with E-state index in [1.807, 2.05) is 37.3 Å². The first-order chi connectivity index (χ1) is 10.1. The number of hydrogen-bond acceptors (Lipinski definition) is 2. The molecule has 110 valence electrons. The number of aryl methyl sites for hydroxylation is 2. The lowest BCUT2D eigenvalue weighted by Gasteiger charge is -2.10. The molecule has 0 unspecified atom stereocenters. The number of ether oxygens (including phenoxy) is 1. The molecule has 0 saturated heterocycles. The van der Waals surface area contributed by atoms with Gasteiger partial charge in [0.2, 0.25) is 0 Å². The van der Waals surface area contributed by atoms with E-state index in [1.54, 1.807) is 0 Å². The standard InChI is InChI=1S/C18H21NOS/c1-3-4-5-14-6-8-15(9-7-14)20-16-10-11-17(18(19)21)13(2)12-16/h6-12H,3-5H2,1-2H3,(H2,19,21). The molecule has 0 aliphatic heterocycles. The highest BCUT2D eigenvalue weighted by Gasteiger charge is 2.04. The summed E-state index contributed by atoms with van der Waals surface area (Å²) in [5, 5.41) is 0. The Kier molecular flexibility index (Phi) is 5.34. The van der Waals surface area contributed by atoms with Gasteiger partial charge < -0.3 is 10.5 Å². The third kappa shape index (κ3) is 4.30. The maximum Gasteiger partial charge on any atom is 0.127 e. The smallest absolute Gasteiger partial charge is 0.127 e. The minimum absolute atomic E-state index is 0.416. The van der Waals surface area contributed by atoms with Crippen LogP contribution in [0.25, 0.3) is 0 Å². The largest absolute Gasteiger partial charge is 0.457 e. The van der Waals surface area contributed by atoms with E-state index in [-0.39, 0.29) is 0 Å². The molecule has 2 nitrogen and oxygen atoms in total. The van der Waals surface area contributed by atoms with Gasteiger partial charge in [-0.1, -0.05) is 37.7 Å². The van der Waals surface area contributed by atoms with Crippen molar-refractivity contribution in [2.75, 3.05) is 0 Å². The molecule has 21 heavy (non-hydrogen) atoms. The highest BCUT2D eigenvalue weighted by molar-refractivity contribution is 7.80. The average Bonchev–Trinajstić information content (AvgIpc) is 2.46. The van der Waals surface area contributed by atoms with Crippen LogP contribution in [0.2, 0.25) is 0 Å². The number of unbranched alkanes of at least 4 members (excludes halogenated alkanes) is 1. The number of thiocarbonyl (C=S) groups is 1. The highest BCUT2D eigenvalue weighted by Crippen LogP contribution is 2.24. The Morgan fingerprint density at radius 3 is 2.33 bits per heavy atom. The lowest BCUT2D eigenvalue weighted by Crippen LogP contribution is -2.10. The molecule has 0 fully saturated rings. The van der Waals surface area contributed by atoms with Crippen LogP contribution in [0.1, 0.15) is 36.5 Å². The van der Waals surface area contributed by atoms with Gasteiger partial charge in [-0.05, 0) is 61.2 Å². The Bertz CT molecular complexity index is 620. The van der Waals surface area contributed by atoms with Crippen LogP contribution in [0.15, 0.2) is 42.5 Å². The third-order valence-electron chi connectivity index (χ3n) is 3.44. The summed E-state index contributed by atoms with van der Waals surface area (Å²) in [6.07, 6.45) is 3.56. The zero-order chi connectivity index (χ0) is 15.2. The van der Waals surface area contributed by atoms with Crippen LogP contribution in [0.4, 0.5) is 0 Å². The van der Waals surface area contributed by atoms with Crippen molar-refractivity contribution in [3.63, 3.8) is 0 Å². The van der Waals surface area contributed by atoms with Gasteiger partial charge in [0.15, 0.2) is 0 Å². The topological polar surface area (TPSA) is 35.2 Å². The molecule has 0 aliphatic carbocycles. The van der Waals surface area contributed by atoms with Crippen molar-refractivity contribution in [1.29, 1.82) is 0 Å². The van der Waals surface area contributed by atoms with E-state index in [0.29, 0.717) is 4.99 Å². The predicted octanol–water partition coefficient (Wildman–Crippen LogP) is 4.76. The molecule has 2 aromatic rings. The SMILES string of the molecule is CCCCc1ccc(Oc2ccc(C(N)=S)c(C)c2)cc1. The van der Waals surface area contributed by atoms with Gasteiger partial charge in [0.1, 0.15) is 16.5 Å². The van der Waals surface area contributed by atoms with Crippen molar-refractivity contribution in [2.24, 2.45) is 5.73 Å². The van der Waals surface area contributed by atoms with Gasteiger partial charge >= 0.3 is 0 Å². The summed E-state index contributed by atoms with van der Waals surface area (Å²) in [5.41, 5.74) is 8.94. The molecule has 0 amide bonds. The highest BCUT2D eigenvalue weighted by atomic mass is 32.1. The van der Waals surface area contributed by atoms with Gasteiger partial charge in [-0.3, -0.25) is 0 Å². The van der Waals surface area contributed by atoms with Crippen LogP contribution in [0.3, 0.4) is 0 Å². The van der Waals surface area contributed by atoms with Crippen molar-refractivity contribution in [3.05, 3.63) is 59.2 Å². The average molecular weight is 299 g/mol. The molecule has 0 aliphatic rings. The molecule has 2 N–H and O–H groups in total. The molecule has 0 saturated carbocycles. The van der Waals surface area contributed by atoms with Gasteiger partial charge in [-0.15, -0.1) is 0 Å². The minimum atomic E-state index is 0.416. The first-order valence-electron chi connectivity index (χ1n) is 7.27. The quantitative estimate of drug-likeness (QED) is 0.781. The minimum Gasteiger partial charge on any atom is -0.457 e. The summed E-state index contributed by atoms with van der Waals surface area (Å²) in [7, 11) is 0. The van der Waals surface area contributed by atoms with Crippen LogP contribution < -0.4 is 10.5 Å². The van der Waals surface area contributed by atoms with E-state index in [1.165, 1.54) is 18.4 Å². The van der Waals surface area contributed by atoms with Gasteiger partial charge in [0.05, 0.1) is 0 Å². The lowest BCUT2D eigenvalue weighted by molar-refractivity contribution is 0.482. The van der Waals surface area contributed by atoms with Crippen LogP contribution >= 0.6 is 12.2 Å². The summed E-state index contributed by atoms with van der Waals surface area (Å²) in [4.78, 5) is 0.416. The second-order valence-electron chi connectivity index (χ2n) is 5.19. The molecule has 0 bridgehead atoms. The van der Waals surface area contributed by atoms with Crippen LogP contribution in [-0.2, 0) is 6.42 Å². The first-order valence-corrected chi connectivity index (χ1v) is 7.68. The fourth-order valence-electron chi connectivity index (χ4n) is 2.22. The van der Waals surface area contributed by atoms with Gasteiger partial charge in [-0.25, -0.2) is 0 Å². The van der Waals surface area contributed by atoms with Gasteiger partial charge in [-0.2, -0.15) is 0 Å². The second kappa shape index (κ2) is 7.23. The lowest BCUT2D eigenvalue weighted by atomic mass is 10.1. The van der Waals surface area contributed by atoms with Gasteiger partial charge in [0, 0.05) is 5.56 Å². The normalized spacial score (nSPS) is 10.4. The second-order valence-corrected chi connectivity index (χ2v) is 5.63. The first kappa shape index (κ1) is 15.5. The van der Waals surface area contributed by atoms with Crippen molar-refractivity contribution >= 4 is 17.2 Å². The van der Waals surface area contributed by atoms with E-state index in [9.17, 15) is 0 Å². The molecule has 2 aromatic carbocycles. The van der Waals surface area contributed by atoms with Crippen LogP contribution in [0.5, 0.6) is 11.5 Å². The maximum absolute atomic E-state index is 5.87. The fraction of sp³-hybridized carbons (Fsp3) is 0.278. The molecule has 0 aromatic heterocycles. The van der Waals surface area contributed by atoms with Crippen molar-refractivity contribution < 1.29 is 4.74 Å². The number of hydrogen-bond donors (Lipinski definition) is 1. The zero-order valence-electron chi connectivity index (χ0n) is 12.6. The summed E-state index contributed by atoms with van der Waals surface area (Å²) in [5.74, 6) is 1.64. The van der Waals surface area contributed by atoms with Crippen LogP contribution in [-0.4, -0.2) is 4.99 Å². The molecular formula is C18H21NOS. The van der Waals surface area contributed by atoms with E-state index < -0.39 is 0 Å². The molecule has 3 heteroatoms. The van der Waals surface area contributed by atoms with E-state index in [2.05, 4.69) is 19.1 Å². The molecule has 0 radical (unpaired) electrons. The van der Waals surface area contributed by atoms with Crippen LogP contribution in [0, 0.1) is 6.92 Å². The zero-order valence-corrected chi connectivity index (χ0v) is 13.4. The Morgan fingerprint density at radius 1 is 1.10 bits per heavy atom. The number of rotatable bonds is 6. The molecule has 0 spiro atoms. The Hall–Kier alpha value is -1.87. The molecular weight excluding hydrogens is 278 g/mol. The third-order valence-corrected chi connectivity index (χ3v) is 3.66. The molecule has 0 heterocycles. The predicted molar refractivity (Wildman–Crippen MR) is 92.2 cm³/mol.